The first kappa shape index (κ1) is 25.1. The van der Waals surface area contributed by atoms with Crippen LogP contribution in [0.4, 0.5) is 0 Å². The summed E-state index contributed by atoms with van der Waals surface area (Å²) in [5.74, 6) is -5.25. The van der Waals surface area contributed by atoms with Crippen LogP contribution in [0.2, 0.25) is 0 Å². The molecule has 39 heavy (non-hydrogen) atoms. The molecule has 5 rings (SSSR count). The van der Waals surface area contributed by atoms with Gasteiger partial charge in [0.05, 0.1) is 25.2 Å². The van der Waals surface area contributed by atoms with E-state index in [2.05, 4.69) is 25.6 Å². The lowest BCUT2D eigenvalue weighted by molar-refractivity contribution is -0.147. The summed E-state index contributed by atoms with van der Waals surface area (Å²) in [5, 5.41) is 54.1. The minimum absolute atomic E-state index is 0.347. The fraction of sp³-hybridized carbons (Fsp3) is 0.167. The van der Waals surface area contributed by atoms with Crippen molar-refractivity contribution in [3.63, 3.8) is 0 Å². The minimum atomic E-state index is -1.41. The number of nitrogens with one attached hydrogen (secondary N) is 1. The third-order valence-corrected chi connectivity index (χ3v) is 6.16. The molecule has 0 saturated heterocycles. The molecule has 0 radical (unpaired) electrons. The van der Waals surface area contributed by atoms with Gasteiger partial charge in [-0.3, -0.25) is 9.59 Å². The second-order valence-corrected chi connectivity index (χ2v) is 8.72. The molecule has 0 aliphatic carbocycles. The van der Waals surface area contributed by atoms with Gasteiger partial charge < -0.3 is 25.4 Å². The van der Waals surface area contributed by atoms with E-state index in [1.165, 1.54) is 12.4 Å². The van der Waals surface area contributed by atoms with Crippen molar-refractivity contribution in [3.05, 3.63) is 48.8 Å². The van der Waals surface area contributed by atoms with E-state index in [9.17, 15) is 29.4 Å². The van der Waals surface area contributed by atoms with Crippen LogP contribution < -0.4 is 0 Å². The highest BCUT2D eigenvalue weighted by Crippen LogP contribution is 2.32. The average molecular weight is 533 g/mol. The SMILES string of the molecule is O=C(O)CC(C(=O)O)n1cc(-c2ccc3[nH]c4ccc(-c5cn(C(CC(=O)O)C(=O)O)nn5)cc4c3c2)nn1. The van der Waals surface area contributed by atoms with Crippen molar-refractivity contribution in [1.82, 2.24) is 35.0 Å². The standard InChI is InChI=1S/C24H19N7O8/c32-21(33)7-19(23(36)37)30-9-17(26-28-30)11-1-3-15-13(5-11)14-6-12(2-4-16(14)25-15)18-10-31(29-27-18)20(24(38)39)8-22(34)35/h1-6,9-10,19-20,25H,7-8H2,(H,32,33)(H,34,35)(H,36,37)(H,38,39). The smallest absolute Gasteiger partial charge is 0.329 e. The van der Waals surface area contributed by atoms with Gasteiger partial charge in [0, 0.05) is 32.9 Å². The van der Waals surface area contributed by atoms with Crippen molar-refractivity contribution in [2.45, 2.75) is 24.9 Å². The number of hydrogen-bond acceptors (Lipinski definition) is 8. The van der Waals surface area contributed by atoms with Gasteiger partial charge in [0.2, 0.25) is 0 Å². The summed E-state index contributed by atoms with van der Waals surface area (Å²) in [5.41, 5.74) is 3.51. The van der Waals surface area contributed by atoms with E-state index in [0.717, 1.165) is 31.2 Å². The Morgan fingerprint density at radius 3 is 1.46 bits per heavy atom. The van der Waals surface area contributed by atoms with E-state index in [0.29, 0.717) is 22.5 Å². The number of nitrogens with zero attached hydrogens (tertiary/aromatic N) is 6. The molecule has 2 unspecified atom stereocenters. The molecular formula is C24H19N7O8. The number of hydrogen-bond donors (Lipinski definition) is 5. The van der Waals surface area contributed by atoms with E-state index < -0.39 is 48.8 Å². The number of carbonyl (C=O) groups is 4. The van der Waals surface area contributed by atoms with Crippen LogP contribution >= 0.6 is 0 Å². The lowest BCUT2D eigenvalue weighted by Gasteiger charge is -2.08. The molecule has 3 aromatic heterocycles. The molecule has 2 atom stereocenters. The largest absolute Gasteiger partial charge is 0.481 e. The number of aromatic nitrogens is 7. The van der Waals surface area contributed by atoms with E-state index >= 15 is 0 Å². The zero-order valence-electron chi connectivity index (χ0n) is 19.8. The van der Waals surface area contributed by atoms with Crippen LogP contribution in [-0.4, -0.2) is 79.3 Å². The Morgan fingerprint density at radius 1 is 0.692 bits per heavy atom. The molecule has 3 heterocycles. The number of carboxylic acid groups (broad SMARTS) is 4. The molecule has 0 amide bonds. The molecule has 0 fully saturated rings. The quantitative estimate of drug-likeness (QED) is 0.174. The van der Waals surface area contributed by atoms with Gasteiger partial charge in [0.1, 0.15) is 11.4 Å². The van der Waals surface area contributed by atoms with Gasteiger partial charge in [-0.1, -0.05) is 22.6 Å². The van der Waals surface area contributed by atoms with Crippen LogP contribution in [-0.2, 0) is 19.2 Å². The van der Waals surface area contributed by atoms with Gasteiger partial charge in [0.15, 0.2) is 12.1 Å². The van der Waals surface area contributed by atoms with Crippen LogP contribution in [0.5, 0.6) is 0 Å². The van der Waals surface area contributed by atoms with Gasteiger partial charge in [-0.2, -0.15) is 0 Å². The van der Waals surface area contributed by atoms with E-state index in [4.69, 9.17) is 10.2 Å². The molecule has 0 aliphatic heterocycles. The summed E-state index contributed by atoms with van der Waals surface area (Å²) < 4.78 is 2.00. The summed E-state index contributed by atoms with van der Waals surface area (Å²) in [7, 11) is 0. The first-order valence-corrected chi connectivity index (χ1v) is 11.4. The molecule has 0 aliphatic rings. The van der Waals surface area contributed by atoms with Crippen LogP contribution in [0.25, 0.3) is 44.3 Å². The Morgan fingerprint density at radius 2 is 1.10 bits per heavy atom. The molecule has 15 heteroatoms. The van der Waals surface area contributed by atoms with Gasteiger partial charge in [-0.15, -0.1) is 10.2 Å². The molecule has 5 N–H and O–H groups in total. The molecule has 0 bridgehead atoms. The maximum atomic E-state index is 11.5. The van der Waals surface area contributed by atoms with E-state index in [1.54, 1.807) is 12.1 Å². The number of aromatic amines is 1. The number of aliphatic carboxylic acids is 4. The molecule has 5 aromatic rings. The highest BCUT2D eigenvalue weighted by molar-refractivity contribution is 6.09. The van der Waals surface area contributed by atoms with Gasteiger partial charge in [-0.05, 0) is 24.3 Å². The monoisotopic (exact) mass is 533 g/mol. The summed E-state index contributed by atoms with van der Waals surface area (Å²) in [6.07, 6.45) is 1.43. The number of rotatable bonds is 10. The van der Waals surface area contributed by atoms with E-state index in [1.807, 2.05) is 24.3 Å². The van der Waals surface area contributed by atoms with Crippen molar-refractivity contribution < 1.29 is 39.6 Å². The number of fused-ring (bicyclic) bond motifs is 3. The predicted molar refractivity (Wildman–Crippen MR) is 132 cm³/mol. The highest BCUT2D eigenvalue weighted by Gasteiger charge is 2.26. The Labute approximate surface area is 216 Å². The maximum absolute atomic E-state index is 11.5. The number of benzene rings is 2. The molecule has 15 nitrogen and oxygen atoms in total. The van der Waals surface area contributed by atoms with Crippen molar-refractivity contribution in [3.8, 4) is 22.5 Å². The Kier molecular flexibility index (Phi) is 6.23. The van der Waals surface area contributed by atoms with Gasteiger partial charge in [0.25, 0.3) is 0 Å². The second kappa shape index (κ2) is 9.70. The fourth-order valence-electron chi connectivity index (χ4n) is 4.26. The van der Waals surface area contributed by atoms with Crippen LogP contribution in [0.15, 0.2) is 48.8 Å². The van der Waals surface area contributed by atoms with Gasteiger partial charge >= 0.3 is 23.9 Å². The maximum Gasteiger partial charge on any atom is 0.329 e. The third-order valence-electron chi connectivity index (χ3n) is 6.16. The molecule has 2 aromatic carbocycles. The Hall–Kier alpha value is -5.60. The normalized spacial score (nSPS) is 12.9. The van der Waals surface area contributed by atoms with Crippen LogP contribution in [0.3, 0.4) is 0 Å². The number of H-pyrrole nitrogens is 1. The van der Waals surface area contributed by atoms with Crippen molar-refractivity contribution in [2.75, 3.05) is 0 Å². The van der Waals surface area contributed by atoms with Crippen molar-refractivity contribution >= 4 is 45.7 Å². The summed E-state index contributed by atoms with van der Waals surface area (Å²) in [6, 6.07) is 7.98. The second-order valence-electron chi connectivity index (χ2n) is 8.72. The topological polar surface area (TPSA) is 226 Å². The Balaban J connectivity index is 1.51. The summed E-state index contributed by atoms with van der Waals surface area (Å²) in [4.78, 5) is 48.4. The van der Waals surface area contributed by atoms with Crippen molar-refractivity contribution in [2.24, 2.45) is 0 Å². The first-order valence-electron chi connectivity index (χ1n) is 11.4. The third kappa shape index (κ3) is 4.87. The summed E-state index contributed by atoms with van der Waals surface area (Å²) >= 11 is 0. The number of carboxylic acids is 4. The summed E-state index contributed by atoms with van der Waals surface area (Å²) in [6.45, 7) is 0. The average Bonchev–Trinajstić information content (AvgIpc) is 3.63. The fourth-order valence-corrected chi connectivity index (χ4v) is 4.26. The minimum Gasteiger partial charge on any atom is -0.481 e. The lowest BCUT2D eigenvalue weighted by Crippen LogP contribution is -2.22. The first-order chi connectivity index (χ1) is 18.6. The molecular weight excluding hydrogens is 514 g/mol. The van der Waals surface area contributed by atoms with Crippen LogP contribution in [0.1, 0.15) is 24.9 Å². The van der Waals surface area contributed by atoms with Crippen molar-refractivity contribution in [1.29, 1.82) is 0 Å². The zero-order valence-corrected chi connectivity index (χ0v) is 19.8. The molecule has 0 saturated carbocycles. The van der Waals surface area contributed by atoms with E-state index in [-0.39, 0.29) is 0 Å². The zero-order chi connectivity index (χ0) is 27.8. The molecule has 0 spiro atoms. The Bertz CT molecular complexity index is 1640. The van der Waals surface area contributed by atoms with Crippen LogP contribution in [0, 0.1) is 0 Å². The highest BCUT2D eigenvalue weighted by atomic mass is 16.4. The van der Waals surface area contributed by atoms with Gasteiger partial charge in [-0.25, -0.2) is 19.0 Å². The lowest BCUT2D eigenvalue weighted by atomic mass is 10.0. The molecule has 198 valence electrons. The predicted octanol–water partition coefficient (Wildman–Crippen LogP) is 2.04.